The predicted molar refractivity (Wildman–Crippen MR) is 115 cm³/mol. The molecule has 30 heavy (non-hydrogen) atoms. The summed E-state index contributed by atoms with van der Waals surface area (Å²) in [6.45, 7) is 3.59. The third kappa shape index (κ3) is 5.31. The Hall–Kier alpha value is -3.03. The molecule has 6 nitrogen and oxygen atoms in total. The Morgan fingerprint density at radius 2 is 1.93 bits per heavy atom. The van der Waals surface area contributed by atoms with Gasteiger partial charge in [-0.15, -0.1) is 0 Å². The minimum absolute atomic E-state index is 0.105. The van der Waals surface area contributed by atoms with E-state index < -0.39 is 11.9 Å². The van der Waals surface area contributed by atoms with Gasteiger partial charge >= 0.3 is 0 Å². The normalized spacial score (nSPS) is 11.9. The van der Waals surface area contributed by atoms with Crippen molar-refractivity contribution in [3.63, 3.8) is 0 Å². The van der Waals surface area contributed by atoms with E-state index in [2.05, 4.69) is 20.6 Å². The van der Waals surface area contributed by atoms with E-state index in [1.54, 1.807) is 48.5 Å². The minimum Gasteiger partial charge on any atom is -0.394 e. The third-order valence-corrected chi connectivity index (χ3v) is 4.56. The number of nitrogens with one attached hydrogen (secondary N) is 2. The summed E-state index contributed by atoms with van der Waals surface area (Å²) in [7, 11) is 0. The van der Waals surface area contributed by atoms with Crippen molar-refractivity contribution in [3.05, 3.63) is 76.7 Å². The number of hydrogen-bond donors (Lipinski definition) is 3. The average molecular weight is 429 g/mol. The molecule has 0 aliphatic carbocycles. The molecule has 3 aromatic rings. The topological polar surface area (TPSA) is 87.1 Å². The highest BCUT2D eigenvalue weighted by molar-refractivity contribution is 6.30. The molecule has 0 bridgehead atoms. The highest BCUT2D eigenvalue weighted by Crippen LogP contribution is 2.23. The van der Waals surface area contributed by atoms with Crippen molar-refractivity contribution < 1.29 is 14.3 Å². The SMILES string of the molecule is CC(C)Nc1ncc(F)c(-c2ccc(C(=O)NC(CO)c3cccc(Cl)c3)cc2)n1. The molecule has 3 rings (SSSR count). The standard InChI is InChI=1S/C22H22ClFN4O2/c1-13(2)26-22-25-11-18(24)20(28-22)14-6-8-15(9-7-14)21(30)27-19(12-29)16-4-3-5-17(23)10-16/h3-11,13,19,29H,12H2,1-2H3,(H,27,30)(H,25,26,28). The number of nitrogens with zero attached hydrogens (tertiary/aromatic N) is 2. The van der Waals surface area contributed by atoms with Crippen molar-refractivity contribution in [2.75, 3.05) is 11.9 Å². The maximum atomic E-state index is 14.2. The molecular weight excluding hydrogens is 407 g/mol. The van der Waals surface area contributed by atoms with Crippen LogP contribution in [-0.2, 0) is 0 Å². The monoisotopic (exact) mass is 428 g/mol. The fourth-order valence-corrected chi connectivity index (χ4v) is 3.07. The molecule has 1 heterocycles. The Bertz CT molecular complexity index is 1030. The lowest BCUT2D eigenvalue weighted by Gasteiger charge is -2.17. The van der Waals surface area contributed by atoms with Crippen LogP contribution in [-0.4, -0.2) is 33.6 Å². The fraction of sp³-hybridized carbons (Fsp3) is 0.227. The molecule has 2 aromatic carbocycles. The number of hydrogen-bond acceptors (Lipinski definition) is 5. The van der Waals surface area contributed by atoms with Crippen LogP contribution in [0.15, 0.2) is 54.7 Å². The smallest absolute Gasteiger partial charge is 0.251 e. The molecule has 0 radical (unpaired) electrons. The van der Waals surface area contributed by atoms with E-state index >= 15 is 0 Å². The van der Waals surface area contributed by atoms with Gasteiger partial charge in [-0.2, -0.15) is 0 Å². The molecule has 0 aliphatic rings. The molecule has 1 unspecified atom stereocenters. The number of carbonyl (C=O) groups is 1. The van der Waals surface area contributed by atoms with Crippen LogP contribution >= 0.6 is 11.6 Å². The lowest BCUT2D eigenvalue weighted by atomic mass is 10.1. The number of rotatable bonds is 7. The number of aliphatic hydroxyl groups is 1. The summed E-state index contributed by atoms with van der Waals surface area (Å²) < 4.78 is 14.2. The molecule has 1 amide bonds. The quantitative estimate of drug-likeness (QED) is 0.524. The highest BCUT2D eigenvalue weighted by atomic mass is 35.5. The van der Waals surface area contributed by atoms with Crippen molar-refractivity contribution in [1.29, 1.82) is 0 Å². The minimum atomic E-state index is -0.597. The molecule has 1 atom stereocenters. The van der Waals surface area contributed by atoms with Crippen LogP contribution in [0.1, 0.15) is 35.8 Å². The van der Waals surface area contributed by atoms with E-state index in [0.29, 0.717) is 27.7 Å². The van der Waals surface area contributed by atoms with Crippen LogP contribution in [0.25, 0.3) is 11.3 Å². The first-order valence-electron chi connectivity index (χ1n) is 9.44. The second-order valence-corrected chi connectivity index (χ2v) is 7.47. The lowest BCUT2D eigenvalue weighted by molar-refractivity contribution is 0.0916. The Labute approximate surface area is 179 Å². The van der Waals surface area contributed by atoms with E-state index in [-0.39, 0.29) is 24.2 Å². The number of anilines is 1. The van der Waals surface area contributed by atoms with Gasteiger partial charge in [0.2, 0.25) is 5.95 Å². The van der Waals surface area contributed by atoms with Gasteiger partial charge in [0.1, 0.15) is 5.69 Å². The van der Waals surface area contributed by atoms with E-state index in [0.717, 1.165) is 6.20 Å². The summed E-state index contributed by atoms with van der Waals surface area (Å²) in [5.41, 5.74) is 1.73. The van der Waals surface area contributed by atoms with Crippen LogP contribution in [0.2, 0.25) is 5.02 Å². The summed E-state index contributed by atoms with van der Waals surface area (Å²) in [6.07, 6.45) is 1.12. The summed E-state index contributed by atoms with van der Waals surface area (Å²) >= 11 is 5.99. The fourth-order valence-electron chi connectivity index (χ4n) is 2.88. The van der Waals surface area contributed by atoms with Crippen LogP contribution in [0.3, 0.4) is 0 Å². The zero-order chi connectivity index (χ0) is 21.7. The average Bonchev–Trinajstić information content (AvgIpc) is 2.73. The van der Waals surface area contributed by atoms with E-state index in [4.69, 9.17) is 11.6 Å². The van der Waals surface area contributed by atoms with Crippen LogP contribution < -0.4 is 10.6 Å². The summed E-state index contributed by atoms with van der Waals surface area (Å²) in [5.74, 6) is -0.593. The molecule has 0 fully saturated rings. The molecule has 0 saturated heterocycles. The van der Waals surface area contributed by atoms with Gasteiger partial charge in [0.15, 0.2) is 5.82 Å². The van der Waals surface area contributed by atoms with Crippen molar-refractivity contribution >= 4 is 23.5 Å². The van der Waals surface area contributed by atoms with Gasteiger partial charge in [-0.3, -0.25) is 4.79 Å². The first kappa shape index (κ1) is 21.7. The van der Waals surface area contributed by atoms with E-state index in [1.165, 1.54) is 0 Å². The number of carbonyl (C=O) groups excluding carboxylic acids is 1. The van der Waals surface area contributed by atoms with Crippen molar-refractivity contribution in [1.82, 2.24) is 15.3 Å². The summed E-state index contributed by atoms with van der Waals surface area (Å²) in [4.78, 5) is 20.8. The van der Waals surface area contributed by atoms with Crippen LogP contribution in [0.4, 0.5) is 10.3 Å². The second-order valence-electron chi connectivity index (χ2n) is 7.03. The molecular formula is C22H22ClFN4O2. The van der Waals surface area contributed by atoms with Gasteiger partial charge in [0, 0.05) is 22.2 Å². The zero-order valence-electron chi connectivity index (χ0n) is 16.6. The largest absolute Gasteiger partial charge is 0.394 e. The number of aliphatic hydroxyl groups excluding tert-OH is 1. The second kappa shape index (κ2) is 9.65. The zero-order valence-corrected chi connectivity index (χ0v) is 17.3. The molecule has 1 aromatic heterocycles. The van der Waals surface area contributed by atoms with Gasteiger partial charge in [-0.1, -0.05) is 35.9 Å². The number of halogens is 2. The van der Waals surface area contributed by atoms with Gasteiger partial charge in [-0.05, 0) is 43.7 Å². The van der Waals surface area contributed by atoms with Gasteiger partial charge < -0.3 is 15.7 Å². The first-order valence-corrected chi connectivity index (χ1v) is 9.82. The van der Waals surface area contributed by atoms with E-state index in [9.17, 15) is 14.3 Å². The maximum Gasteiger partial charge on any atom is 0.251 e. The molecule has 0 spiro atoms. The van der Waals surface area contributed by atoms with Crippen LogP contribution in [0.5, 0.6) is 0 Å². The van der Waals surface area contributed by atoms with Gasteiger partial charge in [-0.25, -0.2) is 14.4 Å². The Morgan fingerprint density at radius 3 is 2.57 bits per heavy atom. The van der Waals surface area contributed by atoms with Crippen LogP contribution in [0, 0.1) is 5.82 Å². The molecule has 3 N–H and O–H groups in total. The molecule has 8 heteroatoms. The highest BCUT2D eigenvalue weighted by Gasteiger charge is 2.16. The van der Waals surface area contributed by atoms with Gasteiger partial charge in [0.25, 0.3) is 5.91 Å². The Balaban J connectivity index is 1.77. The Kier molecular flexibility index (Phi) is 6.97. The van der Waals surface area contributed by atoms with Crippen molar-refractivity contribution in [2.24, 2.45) is 0 Å². The molecule has 0 saturated carbocycles. The lowest BCUT2D eigenvalue weighted by Crippen LogP contribution is -2.30. The van der Waals surface area contributed by atoms with Crippen molar-refractivity contribution in [2.45, 2.75) is 25.9 Å². The predicted octanol–water partition coefficient (Wildman–Crippen LogP) is 4.22. The van der Waals surface area contributed by atoms with Gasteiger partial charge in [0.05, 0.1) is 18.8 Å². The molecule has 156 valence electrons. The summed E-state index contributed by atoms with van der Waals surface area (Å²) in [6, 6.07) is 12.8. The summed E-state index contributed by atoms with van der Waals surface area (Å²) in [5, 5.41) is 16.0. The first-order chi connectivity index (χ1) is 14.4. The van der Waals surface area contributed by atoms with Crippen molar-refractivity contribution in [3.8, 4) is 11.3 Å². The molecule has 0 aliphatic heterocycles. The third-order valence-electron chi connectivity index (χ3n) is 4.32. The number of aromatic nitrogens is 2. The number of amides is 1. The maximum absolute atomic E-state index is 14.2. The van der Waals surface area contributed by atoms with E-state index in [1.807, 2.05) is 13.8 Å². The number of benzene rings is 2. The Morgan fingerprint density at radius 1 is 1.20 bits per heavy atom.